The third-order valence-corrected chi connectivity index (χ3v) is 3.35. The van der Waals surface area contributed by atoms with Gasteiger partial charge in [0.05, 0.1) is 12.6 Å². The Morgan fingerprint density at radius 1 is 1.47 bits per heavy atom. The number of piperidine rings is 1. The number of nitrogens with two attached hydrogens (primary N) is 1. The molecule has 84 valence electrons. The first-order chi connectivity index (χ1) is 7.28. The molecule has 1 fully saturated rings. The van der Waals surface area contributed by atoms with Crippen LogP contribution in [0.1, 0.15) is 17.8 Å². The summed E-state index contributed by atoms with van der Waals surface area (Å²) in [6.45, 7) is 2.64. The molecule has 0 aromatic carbocycles. The van der Waals surface area contributed by atoms with E-state index in [9.17, 15) is 5.11 Å². The molecule has 0 unspecified atom stereocenters. The normalized spacial score (nSPS) is 19.3. The van der Waals surface area contributed by atoms with Crippen molar-refractivity contribution in [3.8, 4) is 0 Å². The second kappa shape index (κ2) is 4.84. The molecule has 1 aliphatic heterocycles. The van der Waals surface area contributed by atoms with E-state index in [1.165, 1.54) is 11.3 Å². The Kier molecular flexibility index (Phi) is 3.47. The predicted molar refractivity (Wildman–Crippen MR) is 58.2 cm³/mol. The number of hydrazine groups is 1. The number of nitrogen functional groups attached to an aromatic ring is 1. The molecule has 0 saturated carbocycles. The van der Waals surface area contributed by atoms with Gasteiger partial charge in [0.25, 0.3) is 0 Å². The smallest absolute Gasteiger partial charge is 0.219 e. The quantitative estimate of drug-likeness (QED) is 0.490. The Bertz CT molecular complexity index is 310. The average molecular weight is 229 g/mol. The summed E-state index contributed by atoms with van der Waals surface area (Å²) in [5, 5.41) is 18.8. The first-order valence-corrected chi connectivity index (χ1v) is 5.79. The predicted octanol–water partition coefficient (Wildman–Crippen LogP) is -0.220. The monoisotopic (exact) mass is 229 g/mol. The van der Waals surface area contributed by atoms with Crippen LogP contribution in [-0.4, -0.2) is 39.4 Å². The number of aromatic nitrogens is 2. The van der Waals surface area contributed by atoms with E-state index >= 15 is 0 Å². The molecular weight excluding hydrogens is 214 g/mol. The van der Waals surface area contributed by atoms with Crippen LogP contribution in [0.3, 0.4) is 0 Å². The Morgan fingerprint density at radius 3 is 2.80 bits per heavy atom. The lowest BCUT2D eigenvalue weighted by Crippen LogP contribution is -2.35. The number of nitrogens with zero attached hydrogens (tertiary/aromatic N) is 3. The fourth-order valence-corrected chi connectivity index (χ4v) is 2.34. The first kappa shape index (κ1) is 10.7. The number of rotatable bonds is 3. The maximum Gasteiger partial charge on any atom is 0.219 e. The molecule has 0 radical (unpaired) electrons. The highest BCUT2D eigenvalue weighted by Gasteiger charge is 2.18. The maximum atomic E-state index is 9.36. The van der Waals surface area contributed by atoms with Crippen molar-refractivity contribution in [3.05, 3.63) is 5.01 Å². The van der Waals surface area contributed by atoms with E-state index in [0.717, 1.165) is 37.5 Å². The molecule has 15 heavy (non-hydrogen) atoms. The highest BCUT2D eigenvalue weighted by atomic mass is 32.1. The molecule has 0 atom stereocenters. The lowest BCUT2D eigenvalue weighted by Gasteiger charge is -2.28. The van der Waals surface area contributed by atoms with E-state index in [0.29, 0.717) is 5.13 Å². The van der Waals surface area contributed by atoms with Crippen LogP contribution in [0, 0.1) is 0 Å². The number of hydrogen-bond acceptors (Lipinski definition) is 7. The van der Waals surface area contributed by atoms with Crippen LogP contribution < -0.4 is 11.3 Å². The molecule has 1 aliphatic rings. The molecule has 1 saturated heterocycles. The van der Waals surface area contributed by atoms with Crippen molar-refractivity contribution in [3.63, 3.8) is 0 Å². The van der Waals surface area contributed by atoms with E-state index in [2.05, 4.69) is 20.5 Å². The van der Waals surface area contributed by atoms with Gasteiger partial charge in [-0.15, -0.1) is 10.2 Å². The Hall–Kier alpha value is -0.760. The number of aliphatic hydroxyl groups excluding tert-OH is 1. The van der Waals surface area contributed by atoms with Gasteiger partial charge in [0.2, 0.25) is 5.13 Å². The van der Waals surface area contributed by atoms with Gasteiger partial charge in [-0.2, -0.15) is 0 Å². The molecule has 2 rings (SSSR count). The fraction of sp³-hybridized carbons (Fsp3) is 0.750. The minimum Gasteiger partial charge on any atom is -0.393 e. The summed E-state index contributed by atoms with van der Waals surface area (Å²) in [6, 6.07) is 0. The number of nitrogens with one attached hydrogen (secondary N) is 1. The third kappa shape index (κ3) is 2.85. The summed E-state index contributed by atoms with van der Waals surface area (Å²) >= 11 is 1.46. The van der Waals surface area contributed by atoms with Gasteiger partial charge >= 0.3 is 0 Å². The van der Waals surface area contributed by atoms with Crippen LogP contribution in [0.5, 0.6) is 0 Å². The van der Waals surface area contributed by atoms with Crippen molar-refractivity contribution >= 4 is 16.5 Å². The topological polar surface area (TPSA) is 87.3 Å². The molecular formula is C8H15N5OS. The van der Waals surface area contributed by atoms with E-state index in [1.807, 2.05) is 0 Å². The van der Waals surface area contributed by atoms with Gasteiger partial charge in [0.1, 0.15) is 5.01 Å². The Labute approximate surface area is 92.1 Å². The molecule has 1 aromatic heterocycles. The Morgan fingerprint density at radius 2 is 2.20 bits per heavy atom. The lowest BCUT2D eigenvalue weighted by molar-refractivity contribution is 0.0791. The van der Waals surface area contributed by atoms with Crippen molar-refractivity contribution in [2.75, 3.05) is 18.5 Å². The number of likely N-dealkylation sites (tertiary alicyclic amines) is 1. The molecule has 0 bridgehead atoms. The van der Waals surface area contributed by atoms with E-state index in [1.54, 1.807) is 0 Å². The standard InChI is InChI=1S/C8H15N5OS/c9-10-8-12-11-7(15-8)5-13-3-1-6(14)2-4-13/h6,14H,1-5,9H2,(H,10,12). The molecule has 7 heteroatoms. The van der Waals surface area contributed by atoms with Crippen LogP contribution >= 0.6 is 11.3 Å². The number of hydrogen-bond donors (Lipinski definition) is 3. The zero-order valence-electron chi connectivity index (χ0n) is 8.39. The fourth-order valence-electron chi connectivity index (χ4n) is 1.64. The molecule has 6 nitrogen and oxygen atoms in total. The SMILES string of the molecule is NNc1nnc(CN2CCC(O)CC2)s1. The molecule has 2 heterocycles. The summed E-state index contributed by atoms with van der Waals surface area (Å²) in [5.74, 6) is 5.23. The maximum absolute atomic E-state index is 9.36. The zero-order valence-corrected chi connectivity index (χ0v) is 9.20. The highest BCUT2D eigenvalue weighted by molar-refractivity contribution is 7.15. The first-order valence-electron chi connectivity index (χ1n) is 4.97. The third-order valence-electron chi connectivity index (χ3n) is 2.51. The van der Waals surface area contributed by atoms with Gasteiger partial charge in [-0.05, 0) is 12.8 Å². The van der Waals surface area contributed by atoms with E-state index in [4.69, 9.17) is 5.84 Å². The van der Waals surface area contributed by atoms with Crippen LogP contribution in [0.2, 0.25) is 0 Å². The summed E-state index contributed by atoms with van der Waals surface area (Å²) < 4.78 is 0. The second-order valence-electron chi connectivity index (χ2n) is 3.65. The van der Waals surface area contributed by atoms with Crippen molar-refractivity contribution in [2.45, 2.75) is 25.5 Å². The highest BCUT2D eigenvalue weighted by Crippen LogP contribution is 2.18. The summed E-state index contributed by atoms with van der Waals surface area (Å²) in [5.41, 5.74) is 2.48. The van der Waals surface area contributed by atoms with Gasteiger partial charge in [-0.25, -0.2) is 5.84 Å². The van der Waals surface area contributed by atoms with Crippen LogP contribution in [0.4, 0.5) is 5.13 Å². The second-order valence-corrected chi connectivity index (χ2v) is 4.71. The summed E-state index contributed by atoms with van der Waals surface area (Å²) in [4.78, 5) is 2.27. The summed E-state index contributed by atoms with van der Waals surface area (Å²) in [6.07, 6.45) is 1.57. The van der Waals surface area contributed by atoms with E-state index < -0.39 is 0 Å². The molecule has 0 aliphatic carbocycles. The molecule has 0 amide bonds. The molecule has 4 N–H and O–H groups in total. The number of aliphatic hydroxyl groups is 1. The van der Waals surface area contributed by atoms with Crippen molar-refractivity contribution in [1.82, 2.24) is 15.1 Å². The van der Waals surface area contributed by atoms with Gasteiger partial charge in [-0.1, -0.05) is 11.3 Å². The Balaban J connectivity index is 1.86. The zero-order chi connectivity index (χ0) is 10.7. The minimum absolute atomic E-state index is 0.128. The average Bonchev–Trinajstić information content (AvgIpc) is 2.69. The summed E-state index contributed by atoms with van der Waals surface area (Å²) in [7, 11) is 0. The van der Waals surface area contributed by atoms with Crippen molar-refractivity contribution < 1.29 is 5.11 Å². The molecule has 1 aromatic rings. The van der Waals surface area contributed by atoms with Crippen LogP contribution in [-0.2, 0) is 6.54 Å². The van der Waals surface area contributed by atoms with Crippen molar-refractivity contribution in [2.24, 2.45) is 5.84 Å². The number of anilines is 1. The lowest BCUT2D eigenvalue weighted by atomic mass is 10.1. The van der Waals surface area contributed by atoms with Crippen LogP contribution in [0.25, 0.3) is 0 Å². The van der Waals surface area contributed by atoms with E-state index in [-0.39, 0.29) is 6.10 Å². The van der Waals surface area contributed by atoms with Gasteiger partial charge in [0, 0.05) is 13.1 Å². The van der Waals surface area contributed by atoms with Crippen LogP contribution in [0.15, 0.2) is 0 Å². The molecule has 0 spiro atoms. The minimum atomic E-state index is -0.128. The van der Waals surface area contributed by atoms with Crippen molar-refractivity contribution in [1.29, 1.82) is 0 Å². The van der Waals surface area contributed by atoms with Gasteiger partial charge in [-0.3, -0.25) is 10.3 Å². The largest absolute Gasteiger partial charge is 0.393 e. The van der Waals surface area contributed by atoms with Gasteiger partial charge in [0.15, 0.2) is 0 Å². The van der Waals surface area contributed by atoms with Gasteiger partial charge < -0.3 is 5.11 Å².